The van der Waals surface area contributed by atoms with E-state index in [4.69, 9.17) is 0 Å². The molecule has 0 radical (unpaired) electrons. The fraction of sp³-hybridized carbons (Fsp3) is 0.810. The smallest absolute Gasteiger partial charge is 0.133 e. The molecule has 2 rings (SSSR count). The zero-order valence-electron chi connectivity index (χ0n) is 43.8. The van der Waals surface area contributed by atoms with Gasteiger partial charge in [-0.2, -0.15) is 0 Å². The van der Waals surface area contributed by atoms with Crippen molar-refractivity contribution in [2.24, 2.45) is 76.9 Å². The fourth-order valence-corrected chi connectivity index (χ4v) is 11.3. The van der Waals surface area contributed by atoms with E-state index in [9.17, 15) is 4.79 Å². The van der Waals surface area contributed by atoms with E-state index in [-0.39, 0.29) is 0 Å². The van der Waals surface area contributed by atoms with E-state index in [1.165, 1.54) is 101 Å². The van der Waals surface area contributed by atoms with Crippen molar-refractivity contribution in [2.75, 3.05) is 11.9 Å². The van der Waals surface area contributed by atoms with Gasteiger partial charge in [0.05, 0.1) is 0 Å². The van der Waals surface area contributed by atoms with Crippen LogP contribution in [0.5, 0.6) is 0 Å². The Balaban J connectivity index is 0.00000132. The highest BCUT2D eigenvalue weighted by atomic mass is 16.1. The molecule has 1 fully saturated rings. The molecule has 1 aromatic rings. The van der Waals surface area contributed by atoms with Gasteiger partial charge in [-0.25, -0.2) is 0 Å². The highest BCUT2D eigenvalue weighted by molar-refractivity contribution is 5.78. The number of carbonyl (C=O) groups is 1. The number of rotatable bonds is 27. The molecule has 0 aliphatic heterocycles. The molecular formula is C58H107NO. The van der Waals surface area contributed by atoms with Crippen LogP contribution in [0.1, 0.15) is 213 Å². The molecule has 2 nitrogen and oxygen atoms in total. The third-order valence-corrected chi connectivity index (χ3v) is 15.6. The fourth-order valence-electron chi connectivity index (χ4n) is 11.3. The van der Waals surface area contributed by atoms with Crippen molar-refractivity contribution in [3.63, 3.8) is 0 Å². The summed E-state index contributed by atoms with van der Waals surface area (Å²) in [5.41, 5.74) is 2.67. The number of hydrogen-bond acceptors (Lipinski definition) is 2. The molecule has 8 unspecified atom stereocenters. The number of hydrogen-bond donors (Lipinski definition) is 0. The topological polar surface area (TPSA) is 20.3 Å². The van der Waals surface area contributed by atoms with Crippen LogP contribution in [0.25, 0.3) is 0 Å². The summed E-state index contributed by atoms with van der Waals surface area (Å²) in [4.78, 5) is 14.4. The molecule has 350 valence electrons. The summed E-state index contributed by atoms with van der Waals surface area (Å²) in [6.45, 7) is 43.0. The number of carbonyl (C=O) groups excluding carboxylic acids is 1. The monoisotopic (exact) mass is 834 g/mol. The van der Waals surface area contributed by atoms with Crippen molar-refractivity contribution in [3.8, 4) is 0 Å². The molecule has 60 heavy (non-hydrogen) atoms. The zero-order valence-corrected chi connectivity index (χ0v) is 43.8. The molecule has 0 heterocycles. The predicted molar refractivity (Wildman–Crippen MR) is 273 cm³/mol. The van der Waals surface area contributed by atoms with Crippen molar-refractivity contribution in [1.29, 1.82) is 0 Å². The molecule has 2 heteroatoms. The average Bonchev–Trinajstić information content (AvgIpc) is 3.23. The van der Waals surface area contributed by atoms with Crippen LogP contribution in [0.15, 0.2) is 49.1 Å². The Morgan fingerprint density at radius 1 is 0.750 bits per heavy atom. The van der Waals surface area contributed by atoms with Crippen LogP contribution in [-0.2, 0) is 4.79 Å². The van der Waals surface area contributed by atoms with Gasteiger partial charge in [0.2, 0.25) is 0 Å². The Hall–Kier alpha value is -1.83. The first-order valence-electron chi connectivity index (χ1n) is 26.1. The molecule has 14 atom stereocenters. The molecule has 1 aliphatic rings. The summed E-state index contributed by atoms with van der Waals surface area (Å²) in [6.07, 6.45) is 26.6. The highest BCUT2D eigenvalue weighted by Gasteiger charge is 2.36. The first kappa shape index (κ1) is 58.2. The van der Waals surface area contributed by atoms with Crippen molar-refractivity contribution in [3.05, 3.63) is 54.6 Å². The second kappa shape index (κ2) is 32.8. The highest BCUT2D eigenvalue weighted by Crippen LogP contribution is 2.43. The molecule has 0 aromatic heterocycles. The van der Waals surface area contributed by atoms with Crippen LogP contribution >= 0.6 is 0 Å². The van der Waals surface area contributed by atoms with Gasteiger partial charge in [0.15, 0.2) is 0 Å². The maximum atomic E-state index is 11.8. The number of ketones is 1. The number of nitrogens with zero attached hydrogens (tertiary/aromatic N) is 1. The van der Waals surface area contributed by atoms with Crippen molar-refractivity contribution in [1.82, 2.24) is 0 Å². The van der Waals surface area contributed by atoms with Gasteiger partial charge in [-0.3, -0.25) is 4.79 Å². The minimum Gasteiger partial charge on any atom is -0.368 e. The van der Waals surface area contributed by atoms with Gasteiger partial charge >= 0.3 is 0 Å². The Kier molecular flexibility index (Phi) is 31.8. The van der Waals surface area contributed by atoms with Gasteiger partial charge in [-0.1, -0.05) is 198 Å². The van der Waals surface area contributed by atoms with Crippen molar-refractivity contribution >= 4 is 11.5 Å². The van der Waals surface area contributed by atoms with E-state index in [0.717, 1.165) is 53.8 Å². The van der Waals surface area contributed by atoms with Crippen molar-refractivity contribution in [2.45, 2.75) is 220 Å². The molecular weight excluding hydrogens is 727 g/mol. The molecule has 1 saturated carbocycles. The van der Waals surface area contributed by atoms with Crippen LogP contribution in [0, 0.1) is 83.9 Å². The minimum atomic E-state index is 0.300. The lowest BCUT2D eigenvalue weighted by molar-refractivity contribution is -0.123. The van der Waals surface area contributed by atoms with Crippen LogP contribution in [0.2, 0.25) is 0 Å². The number of Topliss-reactive ketones (excluding diaryl/α,β-unsaturated/α-hetero) is 1. The summed E-state index contributed by atoms with van der Waals surface area (Å²) < 4.78 is 0. The van der Waals surface area contributed by atoms with E-state index < -0.39 is 0 Å². The molecule has 0 N–H and O–H groups in total. The summed E-state index contributed by atoms with van der Waals surface area (Å²) in [6, 6.07) is 9.55. The number of benzene rings is 1. The van der Waals surface area contributed by atoms with E-state index in [0.29, 0.717) is 41.4 Å². The number of likely N-dealkylation sites (N-methyl/N-ethyl adjacent to an activating group) is 1. The van der Waals surface area contributed by atoms with E-state index in [2.05, 4.69) is 158 Å². The summed E-state index contributed by atoms with van der Waals surface area (Å²) in [5, 5.41) is 0. The minimum absolute atomic E-state index is 0.300. The van der Waals surface area contributed by atoms with Gasteiger partial charge in [0.1, 0.15) is 5.78 Å². The summed E-state index contributed by atoms with van der Waals surface area (Å²) in [7, 11) is 2.31. The largest absolute Gasteiger partial charge is 0.368 e. The third kappa shape index (κ3) is 21.0. The number of aryl methyl sites for hydroxylation is 1. The quantitative estimate of drug-likeness (QED) is 0.0823. The molecule has 1 aliphatic carbocycles. The lowest BCUT2D eigenvalue weighted by Crippen LogP contribution is -2.36. The van der Waals surface area contributed by atoms with Crippen LogP contribution < -0.4 is 4.90 Å². The first-order valence-corrected chi connectivity index (χ1v) is 26.1. The lowest BCUT2D eigenvalue weighted by Gasteiger charge is -2.40. The van der Waals surface area contributed by atoms with Crippen LogP contribution in [0.4, 0.5) is 5.69 Å². The van der Waals surface area contributed by atoms with Gasteiger partial charge in [-0.05, 0) is 136 Å². The molecule has 1 aromatic carbocycles. The Bertz CT molecular complexity index is 1230. The number of unbranched alkanes of at least 4 members (excludes halogenated alkanes) is 1. The zero-order chi connectivity index (χ0) is 45.9. The molecule has 0 saturated heterocycles. The molecule has 0 amide bonds. The van der Waals surface area contributed by atoms with E-state index in [1.807, 2.05) is 13.8 Å². The number of anilines is 1. The SMILES string of the molecule is C=CC(C)C[C@H](C)C1CC([C@@H](CC)C(C)=O)CC[C@@H]1C.CC.CCCCC(CCC)C(C)CCC(C)[C@@H](/C=C\C(C)CC(C)[C@H](CC)[C@H](C)CC)N(C)c1ccc(C)cc1. The van der Waals surface area contributed by atoms with Crippen molar-refractivity contribution < 1.29 is 4.79 Å². The van der Waals surface area contributed by atoms with Crippen LogP contribution in [0.3, 0.4) is 0 Å². The van der Waals surface area contributed by atoms with Gasteiger partial charge in [0.25, 0.3) is 0 Å². The van der Waals surface area contributed by atoms with E-state index in [1.54, 1.807) is 6.92 Å². The second-order valence-corrected chi connectivity index (χ2v) is 20.5. The standard InChI is InChI=1S/C37H67N.C19H34O.C2H6/c1-12-16-18-34(17-13-2)31(8)22-23-32(9)37(38(11)35-24-19-28(5)20-25-35)26-21-29(6)27-33(10)36(15-4)30(7)14-3;1-7-13(3)11-15(5)19-12-17(10-9-14(19)4)18(8-2)16(6)20;1-2/h19-21,24-26,29-34,36-37H,12-18,22-23,27H2,1-11H3;7,13-15,17-19H,1,8-12H2,2-6H3;1-2H3/b26-21-;;/t29?,30-,31?,32?,33?,34?,36-,37-;13?,14-,15-,17?,18-,19?;/m10./s1. The first-order chi connectivity index (χ1) is 28.5. The van der Waals surface area contributed by atoms with Gasteiger partial charge in [-0.15, -0.1) is 6.58 Å². The Morgan fingerprint density at radius 3 is 1.88 bits per heavy atom. The summed E-state index contributed by atoms with van der Waals surface area (Å²) in [5.74, 6) is 9.66. The van der Waals surface area contributed by atoms with Crippen LogP contribution in [-0.4, -0.2) is 18.9 Å². The van der Waals surface area contributed by atoms with Gasteiger partial charge in [0, 0.05) is 24.7 Å². The summed E-state index contributed by atoms with van der Waals surface area (Å²) >= 11 is 0. The normalized spacial score (nSPS) is 22.3. The molecule has 0 bridgehead atoms. The Labute approximate surface area is 378 Å². The Morgan fingerprint density at radius 2 is 1.37 bits per heavy atom. The maximum absolute atomic E-state index is 11.8. The predicted octanol–water partition coefficient (Wildman–Crippen LogP) is 18.3. The second-order valence-electron chi connectivity index (χ2n) is 20.5. The number of allylic oxidation sites excluding steroid dienone is 2. The maximum Gasteiger partial charge on any atom is 0.133 e. The van der Waals surface area contributed by atoms with E-state index >= 15 is 0 Å². The molecule has 0 spiro atoms. The third-order valence-electron chi connectivity index (χ3n) is 15.6. The van der Waals surface area contributed by atoms with Gasteiger partial charge < -0.3 is 4.90 Å². The average molecular weight is 834 g/mol. The lowest BCUT2D eigenvalue weighted by atomic mass is 9.64.